The fourth-order valence-electron chi connectivity index (χ4n) is 3.52. The molecule has 28 heavy (non-hydrogen) atoms. The lowest BCUT2D eigenvalue weighted by Gasteiger charge is -2.21. The predicted molar refractivity (Wildman–Crippen MR) is 93.7 cm³/mol. The predicted octanol–water partition coefficient (Wildman–Crippen LogP) is 2.44. The van der Waals surface area contributed by atoms with Crippen LogP contribution in [0.15, 0.2) is 30.3 Å². The fourth-order valence-corrected chi connectivity index (χ4v) is 3.52. The van der Waals surface area contributed by atoms with E-state index in [2.05, 4.69) is 16.0 Å². The van der Waals surface area contributed by atoms with Crippen molar-refractivity contribution in [3.8, 4) is 5.75 Å². The van der Waals surface area contributed by atoms with Gasteiger partial charge in [-0.05, 0) is 24.3 Å². The minimum Gasteiger partial charge on any atom is -0.493 e. The molecule has 2 aromatic carbocycles. The second-order valence-electron chi connectivity index (χ2n) is 6.60. The molecule has 2 aliphatic rings. The van der Waals surface area contributed by atoms with Crippen molar-refractivity contribution in [1.82, 2.24) is 10.6 Å². The highest BCUT2D eigenvalue weighted by Gasteiger charge is 2.41. The molecule has 2 aliphatic heterocycles. The van der Waals surface area contributed by atoms with Crippen LogP contribution in [-0.4, -0.2) is 31.1 Å². The van der Waals surface area contributed by atoms with Crippen LogP contribution in [0.3, 0.4) is 0 Å². The van der Waals surface area contributed by atoms with Crippen LogP contribution in [0.2, 0.25) is 0 Å². The number of carbonyl (C=O) groups is 2. The van der Waals surface area contributed by atoms with Crippen molar-refractivity contribution >= 4 is 17.6 Å². The zero-order valence-corrected chi connectivity index (χ0v) is 14.5. The number of anilines is 1. The number of hydrogen-bond donors (Lipinski definition) is 3. The number of amides is 3. The number of carbonyl (C=O) groups excluding carboxylic acids is 2. The molecule has 6 nitrogen and oxygen atoms in total. The Balaban J connectivity index is 1.56. The van der Waals surface area contributed by atoms with Crippen LogP contribution < -0.4 is 20.7 Å². The van der Waals surface area contributed by atoms with E-state index >= 15 is 0 Å². The van der Waals surface area contributed by atoms with Crippen molar-refractivity contribution in [2.45, 2.75) is 18.4 Å². The van der Waals surface area contributed by atoms with Gasteiger partial charge in [0.15, 0.2) is 0 Å². The highest BCUT2D eigenvalue weighted by atomic mass is 19.1. The third-order valence-corrected chi connectivity index (χ3v) is 4.86. The zero-order chi connectivity index (χ0) is 19.8. The number of urea groups is 1. The first-order valence-electron chi connectivity index (χ1n) is 8.68. The summed E-state index contributed by atoms with van der Waals surface area (Å²) >= 11 is 0. The van der Waals surface area contributed by atoms with Gasteiger partial charge < -0.3 is 20.7 Å². The first kappa shape index (κ1) is 18.1. The largest absolute Gasteiger partial charge is 0.493 e. The van der Waals surface area contributed by atoms with Crippen LogP contribution in [0.1, 0.15) is 17.0 Å². The number of benzene rings is 2. The third kappa shape index (κ3) is 3.23. The maximum absolute atomic E-state index is 14.9. The van der Waals surface area contributed by atoms with Gasteiger partial charge in [0.2, 0.25) is 5.91 Å². The van der Waals surface area contributed by atoms with E-state index in [4.69, 9.17) is 4.74 Å². The van der Waals surface area contributed by atoms with E-state index in [0.29, 0.717) is 12.1 Å². The number of rotatable bonds is 3. The SMILES string of the molecule is O=C(Nc1ccc(F)cc1)NC1C(=O)NC[C@H]1c1c(F)cc2c(c1F)CCO2. The first-order valence-corrected chi connectivity index (χ1v) is 8.68. The minimum atomic E-state index is -1.16. The van der Waals surface area contributed by atoms with Gasteiger partial charge in [0.05, 0.1) is 6.61 Å². The summed E-state index contributed by atoms with van der Waals surface area (Å²) in [5.41, 5.74) is 0.320. The molecule has 0 spiro atoms. The summed E-state index contributed by atoms with van der Waals surface area (Å²) in [6.45, 7) is 0.243. The Morgan fingerprint density at radius 1 is 1.18 bits per heavy atom. The molecule has 2 heterocycles. The van der Waals surface area contributed by atoms with Crippen LogP contribution in [-0.2, 0) is 11.2 Å². The van der Waals surface area contributed by atoms with Gasteiger partial charge in [0.25, 0.3) is 0 Å². The summed E-state index contributed by atoms with van der Waals surface area (Å²) in [6, 6.07) is 4.23. The molecule has 1 unspecified atom stereocenters. The van der Waals surface area contributed by atoms with Crippen molar-refractivity contribution in [3.05, 3.63) is 58.9 Å². The van der Waals surface area contributed by atoms with Gasteiger partial charge in [0, 0.05) is 41.8 Å². The molecule has 146 valence electrons. The molecule has 2 aromatic rings. The van der Waals surface area contributed by atoms with Crippen molar-refractivity contribution < 1.29 is 27.5 Å². The summed E-state index contributed by atoms with van der Waals surface area (Å²) in [5, 5.41) is 7.42. The van der Waals surface area contributed by atoms with E-state index < -0.39 is 41.3 Å². The van der Waals surface area contributed by atoms with Crippen LogP contribution in [0.5, 0.6) is 5.75 Å². The number of ether oxygens (including phenoxy) is 1. The molecule has 0 saturated carbocycles. The molecular weight excluding hydrogens is 375 g/mol. The molecule has 3 amide bonds. The van der Waals surface area contributed by atoms with Gasteiger partial charge >= 0.3 is 6.03 Å². The van der Waals surface area contributed by atoms with Gasteiger partial charge in [-0.3, -0.25) is 4.79 Å². The van der Waals surface area contributed by atoms with Crippen molar-refractivity contribution in [2.75, 3.05) is 18.5 Å². The molecule has 0 aliphatic carbocycles. The Labute approximate surface area is 158 Å². The van der Waals surface area contributed by atoms with Crippen LogP contribution in [0.25, 0.3) is 0 Å². The van der Waals surface area contributed by atoms with Gasteiger partial charge in [-0.25, -0.2) is 18.0 Å². The summed E-state index contributed by atoms with van der Waals surface area (Å²) in [4.78, 5) is 24.4. The summed E-state index contributed by atoms with van der Waals surface area (Å²) in [5.74, 6) is -3.35. The van der Waals surface area contributed by atoms with E-state index in [0.717, 1.165) is 18.2 Å². The third-order valence-electron chi connectivity index (χ3n) is 4.86. The Kier molecular flexibility index (Phi) is 4.58. The topological polar surface area (TPSA) is 79.5 Å². The quantitative estimate of drug-likeness (QED) is 0.752. The zero-order valence-electron chi connectivity index (χ0n) is 14.5. The monoisotopic (exact) mass is 391 g/mol. The van der Waals surface area contributed by atoms with Crippen LogP contribution in [0.4, 0.5) is 23.7 Å². The van der Waals surface area contributed by atoms with E-state index in [-0.39, 0.29) is 30.0 Å². The molecule has 4 rings (SSSR count). The molecule has 0 bridgehead atoms. The smallest absolute Gasteiger partial charge is 0.319 e. The lowest BCUT2D eigenvalue weighted by Crippen LogP contribution is -2.45. The lowest BCUT2D eigenvalue weighted by molar-refractivity contribution is -0.120. The van der Waals surface area contributed by atoms with E-state index in [9.17, 15) is 22.8 Å². The molecule has 2 atom stereocenters. The summed E-state index contributed by atoms with van der Waals surface area (Å²) < 4.78 is 47.6. The van der Waals surface area contributed by atoms with Crippen LogP contribution in [0, 0.1) is 17.5 Å². The maximum atomic E-state index is 14.9. The fraction of sp³-hybridized carbons (Fsp3) is 0.263. The molecule has 3 N–H and O–H groups in total. The molecule has 0 aromatic heterocycles. The Bertz CT molecular complexity index is 950. The van der Waals surface area contributed by atoms with Gasteiger partial charge in [0.1, 0.15) is 29.2 Å². The Morgan fingerprint density at radius 3 is 2.68 bits per heavy atom. The molecular formula is C19H16F3N3O3. The Hall–Kier alpha value is -3.23. The highest BCUT2D eigenvalue weighted by molar-refractivity contribution is 5.95. The van der Waals surface area contributed by atoms with Crippen molar-refractivity contribution in [3.63, 3.8) is 0 Å². The maximum Gasteiger partial charge on any atom is 0.319 e. The standard InChI is InChI=1S/C19H16F3N3O3/c20-9-1-3-10(4-2-9)24-19(27)25-17-12(8-23-18(17)26)15-13(21)7-14-11(16(15)22)5-6-28-14/h1-4,7,12,17H,5-6,8H2,(H,23,26)(H2,24,25,27)/t12-,17?/m0/s1. The van der Waals surface area contributed by atoms with Gasteiger partial charge in [-0.1, -0.05) is 0 Å². The normalized spacial score (nSPS) is 20.3. The summed E-state index contributed by atoms with van der Waals surface area (Å²) in [7, 11) is 0. The highest BCUT2D eigenvalue weighted by Crippen LogP contribution is 2.37. The van der Waals surface area contributed by atoms with Gasteiger partial charge in [-0.15, -0.1) is 0 Å². The average molecular weight is 391 g/mol. The first-order chi connectivity index (χ1) is 13.4. The number of fused-ring (bicyclic) bond motifs is 1. The number of halogens is 3. The number of nitrogens with one attached hydrogen (secondary N) is 3. The Morgan fingerprint density at radius 2 is 1.93 bits per heavy atom. The molecule has 9 heteroatoms. The lowest BCUT2D eigenvalue weighted by atomic mass is 9.91. The average Bonchev–Trinajstić information content (AvgIpc) is 3.25. The number of hydrogen-bond acceptors (Lipinski definition) is 3. The van der Waals surface area contributed by atoms with E-state index in [1.165, 1.54) is 12.1 Å². The van der Waals surface area contributed by atoms with Crippen LogP contribution >= 0.6 is 0 Å². The minimum absolute atomic E-state index is 0.0200. The van der Waals surface area contributed by atoms with Crippen molar-refractivity contribution in [1.29, 1.82) is 0 Å². The second-order valence-corrected chi connectivity index (χ2v) is 6.60. The molecule has 1 saturated heterocycles. The van der Waals surface area contributed by atoms with E-state index in [1.54, 1.807) is 0 Å². The van der Waals surface area contributed by atoms with Gasteiger partial charge in [-0.2, -0.15) is 0 Å². The molecule has 0 radical (unpaired) electrons. The second kappa shape index (κ2) is 7.06. The molecule has 1 fully saturated rings. The van der Waals surface area contributed by atoms with E-state index in [1.807, 2.05) is 0 Å². The van der Waals surface area contributed by atoms with Crippen molar-refractivity contribution in [2.24, 2.45) is 0 Å². The summed E-state index contributed by atoms with van der Waals surface area (Å²) in [6.07, 6.45) is 0.311.